The molecule has 0 saturated carbocycles. The van der Waals surface area contributed by atoms with Crippen molar-refractivity contribution in [3.63, 3.8) is 0 Å². The number of aromatic nitrogens is 3. The highest BCUT2D eigenvalue weighted by molar-refractivity contribution is 7.92. The van der Waals surface area contributed by atoms with Crippen molar-refractivity contribution >= 4 is 26.6 Å². The third kappa shape index (κ3) is 2.58. The molecule has 0 radical (unpaired) electrons. The average Bonchev–Trinajstić information content (AvgIpc) is 3.20. The van der Waals surface area contributed by atoms with Crippen molar-refractivity contribution in [2.45, 2.75) is 24.3 Å². The van der Waals surface area contributed by atoms with Crippen molar-refractivity contribution in [1.82, 2.24) is 14.8 Å². The van der Waals surface area contributed by atoms with Crippen molar-refractivity contribution in [2.75, 3.05) is 17.9 Å². The smallest absolute Gasteiger partial charge is 0.268 e. The Morgan fingerprint density at radius 1 is 1.44 bits per heavy atom. The summed E-state index contributed by atoms with van der Waals surface area (Å²) >= 11 is 0. The summed E-state index contributed by atoms with van der Waals surface area (Å²) in [5.74, 6) is -0.944. The highest BCUT2D eigenvalue weighted by Gasteiger charge is 2.40. The van der Waals surface area contributed by atoms with Crippen LogP contribution in [0.3, 0.4) is 0 Å². The fourth-order valence-electron chi connectivity index (χ4n) is 3.19. The maximum atomic E-state index is 14.8. The Hall–Kier alpha value is -2.90. The summed E-state index contributed by atoms with van der Waals surface area (Å²) in [5.41, 5.74) is 1.21. The first-order chi connectivity index (χ1) is 12.8. The number of halogens is 1. The van der Waals surface area contributed by atoms with Crippen molar-refractivity contribution in [2.24, 2.45) is 0 Å². The molecule has 0 unspecified atom stereocenters. The SMILES string of the molecule is Cc1ccc(NS(=O)(=O)c2cnn(C3(C)COC3)c2F)c2[nH]cc(C#N)c12. The van der Waals surface area contributed by atoms with E-state index < -0.39 is 26.4 Å². The summed E-state index contributed by atoms with van der Waals surface area (Å²) in [6, 6.07) is 5.32. The number of aromatic amines is 1. The summed E-state index contributed by atoms with van der Waals surface area (Å²) in [5, 5.41) is 13.7. The molecular weight excluding hydrogens is 373 g/mol. The highest BCUT2D eigenvalue weighted by atomic mass is 32.2. The van der Waals surface area contributed by atoms with Crippen LogP contribution in [0.15, 0.2) is 29.4 Å². The molecule has 1 aliphatic heterocycles. The Morgan fingerprint density at radius 3 is 2.81 bits per heavy atom. The van der Waals surface area contributed by atoms with Gasteiger partial charge in [0, 0.05) is 11.6 Å². The Balaban J connectivity index is 1.75. The van der Waals surface area contributed by atoms with Crippen LogP contribution >= 0.6 is 0 Å². The van der Waals surface area contributed by atoms with E-state index in [2.05, 4.69) is 20.9 Å². The lowest BCUT2D eigenvalue weighted by Gasteiger charge is -2.38. The van der Waals surface area contributed by atoms with E-state index in [1.807, 2.05) is 6.92 Å². The number of H-pyrrole nitrogens is 1. The molecule has 4 rings (SSSR count). The third-order valence-electron chi connectivity index (χ3n) is 4.72. The van der Waals surface area contributed by atoms with E-state index in [1.165, 1.54) is 6.20 Å². The second kappa shape index (κ2) is 5.80. The van der Waals surface area contributed by atoms with Crippen LogP contribution in [0.25, 0.3) is 10.9 Å². The van der Waals surface area contributed by atoms with Gasteiger partial charge in [0.2, 0.25) is 5.95 Å². The van der Waals surface area contributed by atoms with Crippen molar-refractivity contribution < 1.29 is 17.5 Å². The van der Waals surface area contributed by atoms with Gasteiger partial charge in [0.05, 0.1) is 36.2 Å². The van der Waals surface area contributed by atoms with Gasteiger partial charge < -0.3 is 9.72 Å². The molecule has 0 amide bonds. The average molecular weight is 389 g/mol. The normalized spacial score (nSPS) is 16.1. The standard InChI is InChI=1S/C17H16FN5O3S/c1-10-3-4-12(15-14(10)11(5-19)6-20-15)22-27(24,25)13-7-21-23(16(13)18)17(2)8-26-9-17/h3-4,6-7,20,22H,8-9H2,1-2H3. The minimum absolute atomic E-state index is 0.224. The number of hydrogen-bond donors (Lipinski definition) is 2. The van der Waals surface area contributed by atoms with Gasteiger partial charge in [-0.05, 0) is 25.5 Å². The zero-order valence-electron chi connectivity index (χ0n) is 14.6. The number of nitrogens with one attached hydrogen (secondary N) is 2. The lowest BCUT2D eigenvalue weighted by molar-refractivity contribution is -0.101. The molecule has 10 heteroatoms. The van der Waals surface area contributed by atoms with Crippen molar-refractivity contribution in [3.8, 4) is 6.07 Å². The van der Waals surface area contributed by atoms with Crippen LogP contribution < -0.4 is 4.72 Å². The van der Waals surface area contributed by atoms with Gasteiger partial charge in [-0.1, -0.05) is 6.07 Å². The van der Waals surface area contributed by atoms with Crippen LogP contribution in [-0.4, -0.2) is 36.4 Å². The van der Waals surface area contributed by atoms with Crippen LogP contribution in [-0.2, 0) is 20.3 Å². The van der Waals surface area contributed by atoms with Gasteiger partial charge in [0.15, 0.2) is 4.90 Å². The first-order valence-electron chi connectivity index (χ1n) is 8.12. The van der Waals surface area contributed by atoms with E-state index in [9.17, 15) is 18.1 Å². The molecule has 1 saturated heterocycles. The maximum Gasteiger partial charge on any atom is 0.268 e. The van der Waals surface area contributed by atoms with Crippen LogP contribution in [0.4, 0.5) is 10.1 Å². The van der Waals surface area contributed by atoms with Crippen LogP contribution in [0, 0.1) is 24.2 Å². The number of fused-ring (bicyclic) bond motifs is 1. The molecule has 27 heavy (non-hydrogen) atoms. The van der Waals surface area contributed by atoms with E-state index >= 15 is 0 Å². The van der Waals surface area contributed by atoms with Gasteiger partial charge in [-0.15, -0.1) is 0 Å². The van der Waals surface area contributed by atoms with E-state index in [0.717, 1.165) is 16.4 Å². The Morgan fingerprint density at radius 2 is 2.19 bits per heavy atom. The summed E-state index contributed by atoms with van der Waals surface area (Å²) in [6.45, 7) is 4.08. The fourth-order valence-corrected chi connectivity index (χ4v) is 4.25. The molecule has 0 spiro atoms. The fraction of sp³-hybridized carbons (Fsp3) is 0.294. The van der Waals surface area contributed by atoms with Crippen LogP contribution in [0.2, 0.25) is 0 Å². The quantitative estimate of drug-likeness (QED) is 0.710. The molecule has 0 atom stereocenters. The number of sulfonamides is 1. The monoisotopic (exact) mass is 389 g/mol. The number of aryl methyl sites for hydroxylation is 1. The topological polar surface area (TPSA) is 113 Å². The van der Waals surface area contributed by atoms with Crippen molar-refractivity contribution in [1.29, 1.82) is 5.26 Å². The number of anilines is 1. The van der Waals surface area contributed by atoms with Gasteiger partial charge in [-0.3, -0.25) is 4.72 Å². The largest absolute Gasteiger partial charge is 0.376 e. The molecule has 0 bridgehead atoms. The van der Waals surface area contributed by atoms with Gasteiger partial charge in [0.1, 0.15) is 11.6 Å². The van der Waals surface area contributed by atoms with E-state index in [0.29, 0.717) is 16.5 Å². The molecule has 2 N–H and O–H groups in total. The summed E-state index contributed by atoms with van der Waals surface area (Å²) in [7, 11) is -4.22. The first kappa shape index (κ1) is 17.5. The van der Waals surface area contributed by atoms with E-state index in [1.54, 1.807) is 19.1 Å². The zero-order valence-corrected chi connectivity index (χ0v) is 15.4. The second-order valence-corrected chi connectivity index (χ2v) is 8.45. The number of ether oxygens (including phenoxy) is 1. The van der Waals surface area contributed by atoms with Gasteiger partial charge in [-0.2, -0.15) is 14.8 Å². The highest BCUT2D eigenvalue weighted by Crippen LogP contribution is 2.32. The predicted molar refractivity (Wildman–Crippen MR) is 95.2 cm³/mol. The van der Waals surface area contributed by atoms with Gasteiger partial charge >= 0.3 is 0 Å². The Bertz CT molecular complexity index is 1200. The van der Waals surface area contributed by atoms with Gasteiger partial charge in [0.25, 0.3) is 10.0 Å². The lowest BCUT2D eigenvalue weighted by Crippen LogP contribution is -2.50. The second-order valence-electron chi connectivity index (χ2n) is 6.80. The molecule has 3 heterocycles. The molecule has 1 aliphatic rings. The number of nitriles is 1. The molecule has 3 aromatic rings. The number of rotatable bonds is 4. The molecule has 1 aromatic carbocycles. The zero-order chi connectivity index (χ0) is 19.4. The van der Waals surface area contributed by atoms with Crippen LogP contribution in [0.5, 0.6) is 0 Å². The number of benzene rings is 1. The Labute approximate surface area is 154 Å². The molecular formula is C17H16FN5O3S. The van der Waals surface area contributed by atoms with Gasteiger partial charge in [-0.25, -0.2) is 13.1 Å². The number of hydrogen-bond acceptors (Lipinski definition) is 5. The summed E-state index contributed by atoms with van der Waals surface area (Å²) < 4.78 is 48.8. The molecule has 2 aromatic heterocycles. The first-order valence-corrected chi connectivity index (χ1v) is 9.60. The summed E-state index contributed by atoms with van der Waals surface area (Å²) in [6.07, 6.45) is 2.49. The molecule has 8 nitrogen and oxygen atoms in total. The van der Waals surface area contributed by atoms with E-state index in [-0.39, 0.29) is 18.9 Å². The van der Waals surface area contributed by atoms with Crippen LogP contribution in [0.1, 0.15) is 18.1 Å². The lowest BCUT2D eigenvalue weighted by atomic mass is 10.0. The number of nitrogens with zero attached hydrogens (tertiary/aromatic N) is 3. The minimum atomic E-state index is -4.22. The molecule has 1 fully saturated rings. The maximum absolute atomic E-state index is 14.8. The Kier molecular flexibility index (Phi) is 3.76. The minimum Gasteiger partial charge on any atom is -0.376 e. The summed E-state index contributed by atoms with van der Waals surface area (Å²) in [4.78, 5) is 2.36. The third-order valence-corrected chi connectivity index (χ3v) is 6.06. The molecule has 0 aliphatic carbocycles. The van der Waals surface area contributed by atoms with E-state index in [4.69, 9.17) is 4.74 Å². The van der Waals surface area contributed by atoms with Crippen molar-refractivity contribution in [3.05, 3.63) is 41.6 Å². The predicted octanol–water partition coefficient (Wildman–Crippen LogP) is 2.23. The molecule has 140 valence electrons.